The molecule has 0 aliphatic heterocycles. The number of halogens is 2. The molecule has 0 fully saturated rings. The van der Waals surface area contributed by atoms with E-state index in [1.807, 2.05) is 0 Å². The Balaban J connectivity index is 3.09. The van der Waals surface area contributed by atoms with Crippen molar-refractivity contribution >= 4 is 34.2 Å². The summed E-state index contributed by atoms with van der Waals surface area (Å²) in [6.07, 6.45) is 7.77. The molecule has 0 saturated heterocycles. The van der Waals surface area contributed by atoms with E-state index in [4.69, 9.17) is 11.6 Å². The summed E-state index contributed by atoms with van der Waals surface area (Å²) in [7, 11) is 0. The molecular weight excluding hydrogens is 310 g/mol. The Kier molecular flexibility index (Phi) is 10.8. The van der Waals surface area contributed by atoms with Crippen molar-refractivity contribution in [3.63, 3.8) is 0 Å². The van der Waals surface area contributed by atoms with Crippen LogP contribution in [0, 0.1) is 0 Å². The highest BCUT2D eigenvalue weighted by Gasteiger charge is 2.04. The van der Waals surface area contributed by atoms with Crippen LogP contribution in [0.3, 0.4) is 0 Å². The van der Waals surface area contributed by atoms with Crippen LogP contribution in [0.25, 0.3) is 0 Å². The highest BCUT2D eigenvalue weighted by atomic mass is 127. The Morgan fingerprint density at radius 3 is 2.14 bits per heavy atom. The lowest BCUT2D eigenvalue weighted by Crippen LogP contribution is -2.04. The van der Waals surface area contributed by atoms with E-state index in [2.05, 4.69) is 29.2 Å². The summed E-state index contributed by atoms with van der Waals surface area (Å²) in [6.45, 7) is 3.72. The second kappa shape index (κ2) is 10.2. The van der Waals surface area contributed by atoms with Crippen molar-refractivity contribution in [1.82, 2.24) is 0 Å². The largest absolute Gasteiger partial charge is 0.388 e. The maximum Gasteiger partial charge on any atom is 0.0840 e. The zero-order chi connectivity index (χ0) is 10.8. The number of hydrogen-bond acceptors (Lipinski definition) is 1. The summed E-state index contributed by atoms with van der Waals surface area (Å²) in [5, 5.41) is 9.44. The van der Waals surface area contributed by atoms with E-state index in [9.17, 15) is 5.11 Å². The van der Waals surface area contributed by atoms with Gasteiger partial charge in [0.25, 0.3) is 0 Å². The van der Waals surface area contributed by atoms with E-state index < -0.39 is 0 Å². The van der Waals surface area contributed by atoms with Gasteiger partial charge in [-0.05, 0) is 35.4 Å². The molecule has 0 bridgehead atoms. The Bertz CT molecular complexity index is 150. The van der Waals surface area contributed by atoms with Crippen molar-refractivity contribution in [1.29, 1.82) is 0 Å². The Morgan fingerprint density at radius 2 is 1.64 bits per heavy atom. The van der Waals surface area contributed by atoms with Gasteiger partial charge in [0.05, 0.1) is 6.10 Å². The van der Waals surface area contributed by atoms with Crippen molar-refractivity contribution in [2.45, 2.75) is 51.0 Å². The summed E-state index contributed by atoms with van der Waals surface area (Å²) >= 11 is 7.66. The summed E-state index contributed by atoms with van der Waals surface area (Å²) in [6, 6.07) is 0. The molecule has 0 spiro atoms. The molecule has 0 aliphatic carbocycles. The lowest BCUT2D eigenvalue weighted by Gasteiger charge is -2.07. The summed E-state index contributed by atoms with van der Waals surface area (Å²) in [5.74, 6) is 0.785. The Labute approximate surface area is 106 Å². The van der Waals surface area contributed by atoms with Crippen molar-refractivity contribution in [3.05, 3.63) is 10.2 Å². The zero-order valence-electron chi connectivity index (χ0n) is 8.64. The van der Waals surface area contributed by atoms with Crippen molar-refractivity contribution in [3.8, 4) is 0 Å². The normalized spacial score (nSPS) is 12.8. The van der Waals surface area contributed by atoms with Gasteiger partial charge in [-0.25, -0.2) is 0 Å². The number of alkyl halides is 1. The molecule has 3 heteroatoms. The molecule has 0 aromatic rings. The van der Waals surface area contributed by atoms with Crippen LogP contribution in [-0.2, 0) is 0 Å². The van der Waals surface area contributed by atoms with Crippen LogP contribution >= 0.6 is 34.2 Å². The molecule has 0 saturated carbocycles. The number of hydrogen-bond donors (Lipinski definition) is 1. The predicted molar refractivity (Wildman–Crippen MR) is 72.2 cm³/mol. The van der Waals surface area contributed by atoms with Crippen LogP contribution in [-0.4, -0.2) is 17.1 Å². The molecule has 0 heterocycles. The fourth-order valence-electron chi connectivity index (χ4n) is 1.30. The third-order valence-electron chi connectivity index (χ3n) is 2.22. The van der Waals surface area contributed by atoms with Gasteiger partial charge < -0.3 is 5.11 Å². The number of unbranched alkanes of at least 4 members (excludes halogenated alkanes) is 5. The van der Waals surface area contributed by atoms with E-state index in [0.717, 1.165) is 28.7 Å². The zero-order valence-corrected chi connectivity index (χ0v) is 11.6. The van der Waals surface area contributed by atoms with Gasteiger partial charge in [0.1, 0.15) is 0 Å². The fraction of sp³-hybridized carbons (Fsp3) is 0.818. The monoisotopic (exact) mass is 330 g/mol. The van der Waals surface area contributed by atoms with E-state index in [1.54, 1.807) is 0 Å². The molecule has 0 aromatic heterocycles. The lowest BCUT2D eigenvalue weighted by molar-refractivity contribution is 0.206. The van der Waals surface area contributed by atoms with E-state index in [1.165, 1.54) is 25.7 Å². The molecule has 1 atom stereocenters. The van der Waals surface area contributed by atoms with Crippen LogP contribution in [0.5, 0.6) is 0 Å². The van der Waals surface area contributed by atoms with Crippen molar-refractivity contribution < 1.29 is 5.11 Å². The summed E-state index contributed by atoms with van der Waals surface area (Å²) in [5.41, 5.74) is 0. The molecule has 0 aliphatic rings. The van der Waals surface area contributed by atoms with Crippen LogP contribution in [0.15, 0.2) is 10.2 Å². The van der Waals surface area contributed by atoms with Crippen LogP contribution in [0.4, 0.5) is 0 Å². The van der Waals surface area contributed by atoms with Crippen LogP contribution in [0.1, 0.15) is 44.9 Å². The summed E-state index contributed by atoms with van der Waals surface area (Å²) < 4.78 is 0.852. The van der Waals surface area contributed by atoms with Gasteiger partial charge in [0.15, 0.2) is 0 Å². The third-order valence-corrected chi connectivity index (χ3v) is 3.21. The molecule has 14 heavy (non-hydrogen) atoms. The smallest absolute Gasteiger partial charge is 0.0840 e. The molecule has 1 nitrogen and oxygen atoms in total. The molecule has 84 valence electrons. The topological polar surface area (TPSA) is 20.2 Å². The third kappa shape index (κ3) is 9.28. The minimum atomic E-state index is -0.307. The van der Waals surface area contributed by atoms with Gasteiger partial charge in [-0.1, -0.05) is 38.7 Å². The second-order valence-corrected chi connectivity index (χ2v) is 5.33. The van der Waals surface area contributed by atoms with E-state index in [0.29, 0.717) is 0 Å². The average molecular weight is 331 g/mol. The average Bonchev–Trinajstić information content (AvgIpc) is 2.16. The number of rotatable bonds is 9. The minimum Gasteiger partial charge on any atom is -0.388 e. The Hall–Kier alpha value is 0.720. The van der Waals surface area contributed by atoms with Gasteiger partial charge in [0, 0.05) is 9.46 Å². The van der Waals surface area contributed by atoms with Gasteiger partial charge in [-0.3, -0.25) is 0 Å². The number of aliphatic hydroxyl groups excluding tert-OH is 1. The van der Waals surface area contributed by atoms with E-state index in [-0.39, 0.29) is 6.10 Å². The quantitative estimate of drug-likeness (QED) is 0.380. The Morgan fingerprint density at radius 1 is 1.14 bits per heavy atom. The second-order valence-electron chi connectivity index (χ2n) is 3.56. The minimum absolute atomic E-state index is 0.307. The molecule has 0 amide bonds. The molecular formula is C11H20ClIO. The first kappa shape index (κ1) is 14.7. The SMILES string of the molecule is C=C(I)C(O)CCCCCCCCCl. The maximum atomic E-state index is 9.44. The maximum absolute atomic E-state index is 9.44. The molecule has 0 aromatic carbocycles. The first-order valence-electron chi connectivity index (χ1n) is 5.26. The predicted octanol–water partition coefficient (Wildman–Crippen LogP) is 4.27. The molecule has 1 N–H and O–H groups in total. The molecule has 0 radical (unpaired) electrons. The lowest BCUT2D eigenvalue weighted by atomic mass is 10.1. The van der Waals surface area contributed by atoms with Crippen LogP contribution < -0.4 is 0 Å². The van der Waals surface area contributed by atoms with Crippen molar-refractivity contribution in [2.75, 3.05) is 5.88 Å². The first-order valence-corrected chi connectivity index (χ1v) is 6.88. The van der Waals surface area contributed by atoms with Gasteiger partial charge in [-0.15, -0.1) is 11.6 Å². The van der Waals surface area contributed by atoms with E-state index >= 15 is 0 Å². The van der Waals surface area contributed by atoms with Gasteiger partial charge in [-0.2, -0.15) is 0 Å². The highest BCUT2D eigenvalue weighted by molar-refractivity contribution is 14.1. The van der Waals surface area contributed by atoms with Crippen molar-refractivity contribution in [2.24, 2.45) is 0 Å². The standard InChI is InChI=1S/C11H20ClIO/c1-10(13)11(14)8-6-4-2-3-5-7-9-12/h11,14H,1-9H2. The molecule has 0 rings (SSSR count). The first-order chi connectivity index (χ1) is 6.68. The number of aliphatic hydroxyl groups is 1. The summed E-state index contributed by atoms with van der Waals surface area (Å²) in [4.78, 5) is 0. The molecule has 1 unspecified atom stereocenters. The fourth-order valence-corrected chi connectivity index (χ4v) is 1.80. The van der Waals surface area contributed by atoms with Gasteiger partial charge >= 0.3 is 0 Å². The van der Waals surface area contributed by atoms with Crippen LogP contribution in [0.2, 0.25) is 0 Å². The highest BCUT2D eigenvalue weighted by Crippen LogP contribution is 2.16. The van der Waals surface area contributed by atoms with Gasteiger partial charge in [0.2, 0.25) is 0 Å².